The van der Waals surface area contributed by atoms with Crippen molar-refractivity contribution in [3.8, 4) is 0 Å². The number of nitrogens with zero attached hydrogens (tertiary/aromatic N) is 4. The number of benzene rings is 1. The number of piperidine rings is 1. The number of halogens is 5. The van der Waals surface area contributed by atoms with Crippen LogP contribution in [0.3, 0.4) is 0 Å². The van der Waals surface area contributed by atoms with Gasteiger partial charge >= 0.3 is 18.2 Å². The van der Waals surface area contributed by atoms with E-state index in [2.05, 4.69) is 5.10 Å². The molecule has 1 aromatic carbocycles. The third-order valence-corrected chi connectivity index (χ3v) is 6.56. The number of rotatable bonds is 3. The molecule has 2 fully saturated rings. The van der Waals surface area contributed by atoms with E-state index in [1.807, 2.05) is 4.90 Å². The topological polar surface area (TPSA) is 78.7 Å². The summed E-state index contributed by atoms with van der Waals surface area (Å²) in [6.07, 6.45) is -1.88. The molecule has 0 atom stereocenters. The van der Waals surface area contributed by atoms with Crippen molar-refractivity contribution in [1.29, 1.82) is 0 Å². The molecule has 0 radical (unpaired) electrons. The van der Waals surface area contributed by atoms with E-state index in [1.54, 1.807) is 4.90 Å². The van der Waals surface area contributed by atoms with Crippen LogP contribution in [0.15, 0.2) is 24.4 Å². The molecule has 0 saturated carbocycles. The summed E-state index contributed by atoms with van der Waals surface area (Å²) in [6.45, 7) is 2.31. The summed E-state index contributed by atoms with van der Waals surface area (Å²) in [4.78, 5) is 27.2. The molecule has 1 spiro atoms. The number of carbonyl (C=O) groups is 2. The van der Waals surface area contributed by atoms with Crippen LogP contribution >= 0.6 is 23.2 Å². The van der Waals surface area contributed by atoms with E-state index in [9.17, 15) is 22.8 Å². The van der Waals surface area contributed by atoms with Crippen molar-refractivity contribution in [3.63, 3.8) is 0 Å². The zero-order valence-corrected chi connectivity index (χ0v) is 18.2. The average Bonchev–Trinajstić information content (AvgIpc) is 3.08. The Morgan fingerprint density at radius 2 is 1.81 bits per heavy atom. The molecule has 2 saturated heterocycles. The fraction of sp³-hybridized carbons (Fsp3) is 0.450. The van der Waals surface area contributed by atoms with Crippen LogP contribution in [0.4, 0.5) is 18.0 Å². The maximum Gasteiger partial charge on any atom is 0.416 e. The van der Waals surface area contributed by atoms with Crippen LogP contribution < -0.4 is 0 Å². The minimum absolute atomic E-state index is 0.0538. The first-order valence-corrected chi connectivity index (χ1v) is 10.6. The normalized spacial score (nSPS) is 18.6. The molecule has 0 bridgehead atoms. The molecule has 2 aliphatic rings. The lowest BCUT2D eigenvalue weighted by Gasteiger charge is -2.54. The molecule has 2 aromatic rings. The number of alkyl halides is 3. The summed E-state index contributed by atoms with van der Waals surface area (Å²) >= 11 is 11.7. The number of carbonyl (C=O) groups excluding carboxylic acids is 1. The highest BCUT2D eigenvalue weighted by molar-refractivity contribution is 6.33. The Hall–Kier alpha value is -2.30. The summed E-state index contributed by atoms with van der Waals surface area (Å²) in [7, 11) is 0. The lowest BCUT2D eigenvalue weighted by Crippen LogP contribution is -2.60. The Morgan fingerprint density at radius 1 is 1.16 bits per heavy atom. The quantitative estimate of drug-likeness (QED) is 0.686. The number of hydrogen-bond donors (Lipinski definition) is 1. The van der Waals surface area contributed by atoms with Crippen molar-refractivity contribution in [2.45, 2.75) is 25.6 Å². The van der Waals surface area contributed by atoms with Crippen molar-refractivity contribution in [3.05, 3.63) is 51.3 Å². The van der Waals surface area contributed by atoms with Gasteiger partial charge in [-0.05, 0) is 42.0 Å². The molecular weight excluding hydrogens is 472 g/mol. The Balaban J connectivity index is 1.35. The van der Waals surface area contributed by atoms with Crippen molar-refractivity contribution < 1.29 is 27.9 Å². The lowest BCUT2D eigenvalue weighted by atomic mass is 9.72. The predicted octanol–water partition coefficient (Wildman–Crippen LogP) is 4.47. The summed E-state index contributed by atoms with van der Waals surface area (Å²) in [5, 5.41) is 12.9. The van der Waals surface area contributed by atoms with E-state index in [0.29, 0.717) is 39.0 Å². The number of likely N-dealkylation sites (tertiary alicyclic amines) is 2. The second-order valence-corrected chi connectivity index (χ2v) is 9.13. The fourth-order valence-corrected chi connectivity index (χ4v) is 4.86. The zero-order valence-electron chi connectivity index (χ0n) is 16.7. The SMILES string of the molecule is O=C(O)c1nn(C(=O)N2CCC3(CC2)CN(Cc2cc(Cl)ccc2C(F)(F)F)C3)cc1Cl. The van der Waals surface area contributed by atoms with E-state index in [-0.39, 0.29) is 33.3 Å². The molecule has 32 heavy (non-hydrogen) atoms. The molecule has 2 aliphatic heterocycles. The summed E-state index contributed by atoms with van der Waals surface area (Å²) in [5.74, 6) is -1.32. The zero-order chi connectivity index (χ0) is 23.3. The number of carboxylic acids is 1. The molecule has 0 aliphatic carbocycles. The van der Waals surface area contributed by atoms with Gasteiger partial charge in [-0.3, -0.25) is 4.90 Å². The Morgan fingerprint density at radius 3 is 2.38 bits per heavy atom. The average molecular weight is 491 g/mol. The Bertz CT molecular complexity index is 1060. The molecule has 12 heteroatoms. The third-order valence-electron chi connectivity index (χ3n) is 6.05. The second kappa shape index (κ2) is 8.24. The molecular formula is C20H19Cl2F3N4O3. The number of amides is 1. The van der Waals surface area contributed by atoms with Gasteiger partial charge in [0, 0.05) is 37.7 Å². The second-order valence-electron chi connectivity index (χ2n) is 8.29. The van der Waals surface area contributed by atoms with Gasteiger partial charge in [0.25, 0.3) is 0 Å². The lowest BCUT2D eigenvalue weighted by molar-refractivity contribution is -0.139. The highest BCUT2D eigenvalue weighted by atomic mass is 35.5. The van der Waals surface area contributed by atoms with Crippen LogP contribution in [-0.4, -0.2) is 62.9 Å². The number of aromatic nitrogens is 2. The van der Waals surface area contributed by atoms with Gasteiger partial charge in [0.15, 0.2) is 5.69 Å². The molecule has 7 nitrogen and oxygen atoms in total. The molecule has 1 N–H and O–H groups in total. The fourth-order valence-electron chi connectivity index (χ4n) is 4.45. The van der Waals surface area contributed by atoms with E-state index >= 15 is 0 Å². The maximum atomic E-state index is 13.3. The van der Waals surface area contributed by atoms with Crippen molar-refractivity contribution in [1.82, 2.24) is 19.6 Å². The molecule has 1 amide bonds. The first kappa shape index (κ1) is 22.9. The van der Waals surface area contributed by atoms with Crippen molar-refractivity contribution in [2.75, 3.05) is 26.2 Å². The number of aromatic carboxylic acids is 1. The highest BCUT2D eigenvalue weighted by Gasteiger charge is 2.46. The van der Waals surface area contributed by atoms with Gasteiger partial charge in [-0.25, -0.2) is 9.59 Å². The van der Waals surface area contributed by atoms with Gasteiger partial charge in [0.2, 0.25) is 0 Å². The van der Waals surface area contributed by atoms with Gasteiger partial charge < -0.3 is 10.0 Å². The summed E-state index contributed by atoms with van der Waals surface area (Å²) in [6, 6.07) is 3.15. The van der Waals surface area contributed by atoms with Crippen LogP contribution in [-0.2, 0) is 12.7 Å². The van der Waals surface area contributed by atoms with E-state index in [1.165, 1.54) is 18.3 Å². The van der Waals surface area contributed by atoms with Gasteiger partial charge in [0.05, 0.1) is 16.8 Å². The molecule has 0 unspecified atom stereocenters. The molecule has 1 aromatic heterocycles. The van der Waals surface area contributed by atoms with Gasteiger partial charge in [0.1, 0.15) is 0 Å². The van der Waals surface area contributed by atoms with Crippen LogP contribution in [0.5, 0.6) is 0 Å². The molecule has 172 valence electrons. The van der Waals surface area contributed by atoms with Crippen molar-refractivity contribution in [2.24, 2.45) is 5.41 Å². The van der Waals surface area contributed by atoms with Gasteiger partial charge in [-0.2, -0.15) is 23.0 Å². The minimum Gasteiger partial charge on any atom is -0.476 e. The Kier molecular flexibility index (Phi) is 5.89. The third kappa shape index (κ3) is 4.44. The van der Waals surface area contributed by atoms with Gasteiger partial charge in [-0.1, -0.05) is 23.2 Å². The number of carboxylic acid groups (broad SMARTS) is 1. The Labute approximate surface area is 191 Å². The number of hydrogen-bond acceptors (Lipinski definition) is 4. The molecule has 4 rings (SSSR count). The maximum absolute atomic E-state index is 13.3. The highest BCUT2D eigenvalue weighted by Crippen LogP contribution is 2.42. The van der Waals surface area contributed by atoms with Crippen LogP contribution in [0.25, 0.3) is 0 Å². The monoisotopic (exact) mass is 490 g/mol. The van der Waals surface area contributed by atoms with E-state index in [0.717, 1.165) is 10.7 Å². The standard InChI is InChI=1S/C20H19Cl2F3N4O3/c21-13-1-2-14(20(23,24)25)12(7-13)8-27-10-19(11-27)3-5-28(6-4-19)18(32)29-9-15(22)16(26-29)17(30)31/h1-2,7,9H,3-6,8,10-11H2,(H,30,31). The first-order valence-electron chi connectivity index (χ1n) is 9.83. The van der Waals surface area contributed by atoms with Crippen LogP contribution in [0, 0.1) is 5.41 Å². The van der Waals surface area contributed by atoms with Crippen LogP contribution in [0.1, 0.15) is 34.5 Å². The van der Waals surface area contributed by atoms with Crippen LogP contribution in [0.2, 0.25) is 10.0 Å². The van der Waals surface area contributed by atoms with E-state index in [4.69, 9.17) is 28.3 Å². The minimum atomic E-state index is -4.44. The molecule has 3 heterocycles. The van der Waals surface area contributed by atoms with Crippen molar-refractivity contribution >= 4 is 35.2 Å². The van der Waals surface area contributed by atoms with Gasteiger partial charge in [-0.15, -0.1) is 0 Å². The predicted molar refractivity (Wildman–Crippen MR) is 110 cm³/mol. The summed E-state index contributed by atoms with van der Waals surface area (Å²) in [5.41, 5.74) is -0.969. The largest absolute Gasteiger partial charge is 0.476 e. The summed E-state index contributed by atoms with van der Waals surface area (Å²) < 4.78 is 40.8. The van der Waals surface area contributed by atoms with E-state index < -0.39 is 23.7 Å². The smallest absolute Gasteiger partial charge is 0.416 e. The first-order chi connectivity index (χ1) is 15.0.